The lowest BCUT2D eigenvalue weighted by Crippen LogP contribution is -2.20. The van der Waals surface area contributed by atoms with Gasteiger partial charge >= 0.3 is 5.97 Å². The number of amides is 1. The van der Waals surface area contributed by atoms with Crippen molar-refractivity contribution < 1.29 is 19.8 Å². The number of para-hydroxylation sites is 2. The molecule has 1 amide bonds. The summed E-state index contributed by atoms with van der Waals surface area (Å²) in [5.41, 5.74) is 5.10. The molecule has 0 unspecified atom stereocenters. The van der Waals surface area contributed by atoms with Gasteiger partial charge in [0.25, 0.3) is 0 Å². The molecule has 2 rings (SSSR count). The van der Waals surface area contributed by atoms with E-state index in [0.717, 1.165) is 0 Å². The van der Waals surface area contributed by atoms with Crippen molar-refractivity contribution in [1.82, 2.24) is 0 Å². The van der Waals surface area contributed by atoms with Gasteiger partial charge in [-0.15, -0.1) is 0 Å². The summed E-state index contributed by atoms with van der Waals surface area (Å²) in [6, 6.07) is 6.93. The van der Waals surface area contributed by atoms with Gasteiger partial charge in [0.2, 0.25) is 6.41 Å². The number of nitrogens with two attached hydrogens (primary N) is 1. The maximum absolute atomic E-state index is 10.7. The number of carbonyl (C=O) groups is 2. The summed E-state index contributed by atoms with van der Waals surface area (Å²) in [5.74, 6) is -0.757. The van der Waals surface area contributed by atoms with Crippen molar-refractivity contribution in [2.45, 2.75) is 0 Å². The maximum Gasteiger partial charge on any atom is 0.335 e. The van der Waals surface area contributed by atoms with Crippen LogP contribution >= 0.6 is 0 Å². The molecular weight excluding hydrogens is 248 g/mol. The minimum absolute atomic E-state index is 0.180. The van der Waals surface area contributed by atoms with Gasteiger partial charge in [-0.1, -0.05) is 18.2 Å². The minimum Gasteiger partial charge on any atom is -0.506 e. The topological polar surface area (TPSA) is 104 Å². The number of hydrogen-bond acceptors (Lipinski definition) is 4. The van der Waals surface area contributed by atoms with Crippen LogP contribution in [0.3, 0.4) is 0 Å². The Morgan fingerprint density at radius 1 is 1.37 bits per heavy atom. The Labute approximate surface area is 110 Å². The number of carboxylic acid groups (broad SMARTS) is 1. The SMILES string of the molecule is NC=O.O=C(O)C1=CCN(c2ccccc2O)C=C1. The van der Waals surface area contributed by atoms with Crippen molar-refractivity contribution >= 4 is 18.1 Å². The van der Waals surface area contributed by atoms with E-state index in [-0.39, 0.29) is 17.7 Å². The van der Waals surface area contributed by atoms with Crippen LogP contribution in [0.25, 0.3) is 0 Å². The molecule has 6 heteroatoms. The smallest absolute Gasteiger partial charge is 0.335 e. The average Bonchev–Trinajstić information content (AvgIpc) is 2.40. The van der Waals surface area contributed by atoms with Gasteiger partial charge in [0.05, 0.1) is 11.3 Å². The highest BCUT2D eigenvalue weighted by Gasteiger charge is 2.12. The summed E-state index contributed by atoms with van der Waals surface area (Å²) in [7, 11) is 0. The molecule has 1 aliphatic heterocycles. The third-order valence-electron chi connectivity index (χ3n) is 2.38. The van der Waals surface area contributed by atoms with Crippen LogP contribution < -0.4 is 10.6 Å². The van der Waals surface area contributed by atoms with E-state index in [1.54, 1.807) is 35.4 Å². The molecule has 0 atom stereocenters. The fourth-order valence-electron chi connectivity index (χ4n) is 1.54. The highest BCUT2D eigenvalue weighted by molar-refractivity contribution is 5.90. The molecule has 0 saturated heterocycles. The Morgan fingerprint density at radius 3 is 2.47 bits per heavy atom. The van der Waals surface area contributed by atoms with E-state index in [1.807, 2.05) is 6.07 Å². The van der Waals surface area contributed by atoms with Crippen molar-refractivity contribution in [3.63, 3.8) is 0 Å². The van der Waals surface area contributed by atoms with E-state index in [1.165, 1.54) is 6.08 Å². The Kier molecular flexibility index (Phi) is 5.16. The first-order valence-corrected chi connectivity index (χ1v) is 5.41. The first kappa shape index (κ1) is 14.3. The monoisotopic (exact) mass is 262 g/mol. The lowest BCUT2D eigenvalue weighted by atomic mass is 10.1. The van der Waals surface area contributed by atoms with Crippen molar-refractivity contribution in [2.24, 2.45) is 5.73 Å². The number of aromatic hydroxyl groups is 1. The van der Waals surface area contributed by atoms with Crippen LogP contribution in [0.5, 0.6) is 5.75 Å². The Balaban J connectivity index is 0.000000550. The molecule has 0 spiro atoms. The maximum atomic E-state index is 10.7. The number of phenols is 1. The molecule has 4 N–H and O–H groups in total. The van der Waals surface area contributed by atoms with Crippen molar-refractivity contribution in [2.75, 3.05) is 11.4 Å². The van der Waals surface area contributed by atoms with Crippen LogP contribution in [0.1, 0.15) is 0 Å². The van der Waals surface area contributed by atoms with Gasteiger partial charge < -0.3 is 20.8 Å². The van der Waals surface area contributed by atoms with Crippen LogP contribution in [0.15, 0.2) is 48.2 Å². The van der Waals surface area contributed by atoms with Crippen molar-refractivity contribution in [1.29, 1.82) is 0 Å². The number of carbonyl (C=O) groups excluding carboxylic acids is 1. The number of nitrogens with zero attached hydrogens (tertiary/aromatic N) is 1. The van der Waals surface area contributed by atoms with Crippen LogP contribution in [-0.4, -0.2) is 29.1 Å². The van der Waals surface area contributed by atoms with Crippen molar-refractivity contribution in [3.8, 4) is 5.75 Å². The molecule has 1 aromatic carbocycles. The van der Waals surface area contributed by atoms with E-state index < -0.39 is 5.97 Å². The van der Waals surface area contributed by atoms with Crippen LogP contribution in [-0.2, 0) is 9.59 Å². The van der Waals surface area contributed by atoms with Crippen molar-refractivity contribution in [3.05, 3.63) is 48.2 Å². The van der Waals surface area contributed by atoms with Gasteiger partial charge in [-0.25, -0.2) is 4.79 Å². The zero-order valence-electron chi connectivity index (χ0n) is 10.1. The second kappa shape index (κ2) is 6.85. The van der Waals surface area contributed by atoms with Gasteiger partial charge in [0, 0.05) is 12.7 Å². The first-order chi connectivity index (χ1) is 9.10. The largest absolute Gasteiger partial charge is 0.506 e. The second-order valence-electron chi connectivity index (χ2n) is 3.56. The van der Waals surface area contributed by atoms with Gasteiger partial charge in [-0.3, -0.25) is 4.79 Å². The molecule has 0 aromatic heterocycles. The summed E-state index contributed by atoms with van der Waals surface area (Å²) < 4.78 is 0. The molecule has 0 bridgehead atoms. The minimum atomic E-state index is -0.937. The Bertz CT molecular complexity index is 523. The molecule has 6 nitrogen and oxygen atoms in total. The fourth-order valence-corrected chi connectivity index (χ4v) is 1.54. The Morgan fingerprint density at radius 2 is 2.00 bits per heavy atom. The van der Waals surface area contributed by atoms with Crippen LogP contribution in [0.2, 0.25) is 0 Å². The third-order valence-corrected chi connectivity index (χ3v) is 2.38. The molecule has 0 radical (unpaired) electrons. The van der Waals surface area contributed by atoms with Gasteiger partial charge in [0.15, 0.2) is 0 Å². The molecule has 0 fully saturated rings. The summed E-state index contributed by atoms with van der Waals surface area (Å²) in [4.78, 5) is 21.0. The molecule has 1 aliphatic rings. The van der Waals surface area contributed by atoms with E-state index in [2.05, 4.69) is 5.73 Å². The summed E-state index contributed by atoms with van der Waals surface area (Å²) in [5, 5.41) is 18.4. The zero-order chi connectivity index (χ0) is 14.3. The quantitative estimate of drug-likeness (QED) is 0.685. The average molecular weight is 262 g/mol. The number of anilines is 1. The summed E-state index contributed by atoms with van der Waals surface area (Å²) in [6.45, 7) is 0.440. The molecule has 0 saturated carbocycles. The molecule has 1 aromatic rings. The predicted octanol–water partition coefficient (Wildman–Crippen LogP) is 0.838. The number of carboxylic acids is 1. The number of phenolic OH excluding ortho intramolecular Hbond substituents is 1. The Hall–Kier alpha value is -2.76. The lowest BCUT2D eigenvalue weighted by Gasteiger charge is -2.22. The van der Waals surface area contributed by atoms with E-state index in [4.69, 9.17) is 9.90 Å². The van der Waals surface area contributed by atoms with E-state index >= 15 is 0 Å². The predicted molar refractivity (Wildman–Crippen MR) is 70.6 cm³/mol. The second-order valence-corrected chi connectivity index (χ2v) is 3.56. The molecule has 1 heterocycles. The van der Waals surface area contributed by atoms with E-state index in [0.29, 0.717) is 12.2 Å². The third kappa shape index (κ3) is 3.88. The highest BCUT2D eigenvalue weighted by Crippen LogP contribution is 2.27. The van der Waals surface area contributed by atoms with Gasteiger partial charge in [-0.2, -0.15) is 0 Å². The summed E-state index contributed by atoms with van der Waals surface area (Å²) >= 11 is 0. The normalized spacial score (nSPS) is 13.1. The lowest BCUT2D eigenvalue weighted by molar-refractivity contribution is -0.132. The standard InChI is InChI=1S/C12H11NO3.CH3NO/c14-11-4-2-1-3-10(11)13-7-5-9(6-8-13)12(15)16;2-1-3/h1-7,14H,8H2,(H,15,16);1H,(H2,2,3). The molecule has 100 valence electrons. The molecule has 0 aliphatic carbocycles. The van der Waals surface area contributed by atoms with Gasteiger partial charge in [0.1, 0.15) is 5.75 Å². The summed E-state index contributed by atoms with van der Waals surface area (Å²) in [6.07, 6.45) is 5.02. The first-order valence-electron chi connectivity index (χ1n) is 5.41. The fraction of sp³-hybridized carbons (Fsp3) is 0.0769. The number of primary amides is 1. The van der Waals surface area contributed by atoms with Gasteiger partial charge in [-0.05, 0) is 18.2 Å². The van der Waals surface area contributed by atoms with Crippen LogP contribution in [0, 0.1) is 0 Å². The van der Waals surface area contributed by atoms with Crippen LogP contribution in [0.4, 0.5) is 5.69 Å². The number of aliphatic carboxylic acids is 1. The number of hydrogen-bond donors (Lipinski definition) is 3. The highest BCUT2D eigenvalue weighted by atomic mass is 16.4. The zero-order valence-corrected chi connectivity index (χ0v) is 10.1. The van der Waals surface area contributed by atoms with E-state index in [9.17, 15) is 9.90 Å². The molecular formula is C13H14N2O4. The molecule has 19 heavy (non-hydrogen) atoms. The number of benzene rings is 1. The number of rotatable bonds is 2.